The largest absolute Gasteiger partial charge is 0.461 e. The predicted octanol–water partition coefficient (Wildman–Crippen LogP) is 3.49. The van der Waals surface area contributed by atoms with Crippen LogP contribution in [0, 0.1) is 0 Å². The van der Waals surface area contributed by atoms with Gasteiger partial charge in [0, 0.05) is 23.6 Å². The van der Waals surface area contributed by atoms with Gasteiger partial charge in [0.1, 0.15) is 0 Å². The first-order valence-corrected chi connectivity index (χ1v) is 5.97. The van der Waals surface area contributed by atoms with E-state index in [1.807, 2.05) is 30.5 Å². The molecule has 0 fully saturated rings. The van der Waals surface area contributed by atoms with Crippen molar-refractivity contribution in [3.05, 3.63) is 60.2 Å². The van der Waals surface area contributed by atoms with Crippen molar-refractivity contribution < 1.29 is 9.21 Å². The van der Waals surface area contributed by atoms with Gasteiger partial charge >= 0.3 is 0 Å². The molecule has 0 spiro atoms. The number of carbonyl (C=O) groups excluding carboxylic acids is 1. The quantitative estimate of drug-likeness (QED) is 0.656. The Kier molecular flexibility index (Phi) is 2.52. The molecule has 0 saturated heterocycles. The third-order valence-electron chi connectivity index (χ3n) is 3.12. The summed E-state index contributed by atoms with van der Waals surface area (Å²) in [6.45, 7) is 2.90. The highest BCUT2D eigenvalue weighted by atomic mass is 16.3. The van der Waals surface area contributed by atoms with Gasteiger partial charge in [0.2, 0.25) is 5.78 Å². The molecule has 90 valence electrons. The Labute approximate surface area is 105 Å². The van der Waals surface area contributed by atoms with Gasteiger partial charge in [0.25, 0.3) is 0 Å². The molecule has 0 radical (unpaired) electrons. The lowest BCUT2D eigenvalue weighted by Crippen LogP contribution is -1.98. The summed E-state index contributed by atoms with van der Waals surface area (Å²) in [4.78, 5) is 12.3. The summed E-state index contributed by atoms with van der Waals surface area (Å²) < 4.78 is 7.26. The van der Waals surface area contributed by atoms with Crippen LogP contribution in [-0.4, -0.2) is 10.4 Å². The minimum Gasteiger partial charge on any atom is -0.461 e. The summed E-state index contributed by atoms with van der Waals surface area (Å²) in [6.07, 6.45) is 3.42. The normalized spacial score (nSPS) is 10.9. The second-order valence-corrected chi connectivity index (χ2v) is 4.15. The van der Waals surface area contributed by atoms with E-state index in [2.05, 4.69) is 11.5 Å². The number of aromatic nitrogens is 1. The van der Waals surface area contributed by atoms with Crippen LogP contribution in [0.1, 0.15) is 23.0 Å². The van der Waals surface area contributed by atoms with E-state index in [0.717, 1.165) is 17.4 Å². The zero-order chi connectivity index (χ0) is 12.5. The Hall–Kier alpha value is -2.29. The number of fused-ring (bicyclic) bond motifs is 1. The molecule has 3 nitrogen and oxygen atoms in total. The fourth-order valence-corrected chi connectivity index (χ4v) is 2.23. The maximum absolute atomic E-state index is 12.3. The van der Waals surface area contributed by atoms with Crippen molar-refractivity contribution in [1.82, 2.24) is 4.57 Å². The molecule has 0 N–H and O–H groups in total. The van der Waals surface area contributed by atoms with Gasteiger partial charge in [-0.15, -0.1) is 0 Å². The fourth-order valence-electron chi connectivity index (χ4n) is 2.23. The lowest BCUT2D eigenvalue weighted by molar-refractivity contribution is 0.101. The third kappa shape index (κ3) is 1.56. The van der Waals surface area contributed by atoms with E-state index in [1.165, 1.54) is 6.26 Å². The standard InChI is InChI=1S/C15H13NO2/c1-2-16-10-12(11-6-3-4-7-13(11)16)15(17)14-8-5-9-18-14/h3-10H,2H2,1H3. The molecule has 0 saturated carbocycles. The second kappa shape index (κ2) is 4.18. The monoisotopic (exact) mass is 239 g/mol. The van der Waals surface area contributed by atoms with Crippen LogP contribution >= 0.6 is 0 Å². The Bertz CT molecular complexity index is 692. The van der Waals surface area contributed by atoms with Crippen LogP contribution in [0.2, 0.25) is 0 Å². The molecule has 3 rings (SSSR count). The number of furan rings is 1. The SMILES string of the molecule is CCn1cc(C(=O)c2ccco2)c2ccccc21. The number of para-hydroxylation sites is 1. The van der Waals surface area contributed by atoms with E-state index in [-0.39, 0.29) is 5.78 Å². The first-order valence-electron chi connectivity index (χ1n) is 5.97. The zero-order valence-electron chi connectivity index (χ0n) is 10.1. The Morgan fingerprint density at radius 1 is 1.22 bits per heavy atom. The van der Waals surface area contributed by atoms with Crippen molar-refractivity contribution in [2.24, 2.45) is 0 Å². The number of benzene rings is 1. The molecular weight excluding hydrogens is 226 g/mol. The number of ketones is 1. The lowest BCUT2D eigenvalue weighted by Gasteiger charge is -1.97. The molecule has 3 aromatic rings. The van der Waals surface area contributed by atoms with Crippen LogP contribution in [0.25, 0.3) is 10.9 Å². The van der Waals surface area contributed by atoms with Crippen molar-refractivity contribution in [1.29, 1.82) is 0 Å². The summed E-state index contributed by atoms with van der Waals surface area (Å²) in [5.74, 6) is 0.317. The van der Waals surface area contributed by atoms with Crippen molar-refractivity contribution >= 4 is 16.7 Å². The van der Waals surface area contributed by atoms with Crippen LogP contribution in [0.4, 0.5) is 0 Å². The predicted molar refractivity (Wildman–Crippen MR) is 69.8 cm³/mol. The number of hydrogen-bond acceptors (Lipinski definition) is 2. The molecule has 2 aromatic heterocycles. The molecular formula is C15H13NO2. The van der Waals surface area contributed by atoms with Gasteiger partial charge in [0.15, 0.2) is 5.76 Å². The molecule has 18 heavy (non-hydrogen) atoms. The molecule has 3 heteroatoms. The first kappa shape index (κ1) is 10.8. The minimum absolute atomic E-state index is 0.0663. The Morgan fingerprint density at radius 2 is 2.06 bits per heavy atom. The maximum atomic E-state index is 12.3. The summed E-state index contributed by atoms with van der Waals surface area (Å²) in [7, 11) is 0. The molecule has 1 aromatic carbocycles. The lowest BCUT2D eigenvalue weighted by atomic mass is 10.1. The maximum Gasteiger partial charge on any atom is 0.230 e. The minimum atomic E-state index is -0.0663. The summed E-state index contributed by atoms with van der Waals surface area (Å²) in [5.41, 5.74) is 1.78. The van der Waals surface area contributed by atoms with Crippen molar-refractivity contribution in [2.45, 2.75) is 13.5 Å². The van der Waals surface area contributed by atoms with Gasteiger partial charge in [-0.25, -0.2) is 0 Å². The van der Waals surface area contributed by atoms with Gasteiger partial charge in [-0.2, -0.15) is 0 Å². The van der Waals surface area contributed by atoms with Crippen molar-refractivity contribution in [2.75, 3.05) is 0 Å². The fraction of sp³-hybridized carbons (Fsp3) is 0.133. The second-order valence-electron chi connectivity index (χ2n) is 4.15. The molecule has 2 heterocycles. The average molecular weight is 239 g/mol. The zero-order valence-corrected chi connectivity index (χ0v) is 10.1. The van der Waals surface area contributed by atoms with Crippen LogP contribution in [0.15, 0.2) is 53.3 Å². The van der Waals surface area contributed by atoms with Gasteiger partial charge in [-0.3, -0.25) is 4.79 Å². The Morgan fingerprint density at radius 3 is 2.78 bits per heavy atom. The van der Waals surface area contributed by atoms with Gasteiger partial charge in [-0.1, -0.05) is 18.2 Å². The number of aryl methyl sites for hydroxylation is 1. The molecule has 0 amide bonds. The molecule has 0 unspecified atom stereocenters. The van der Waals surface area contributed by atoms with Crippen molar-refractivity contribution in [3.63, 3.8) is 0 Å². The highest BCUT2D eigenvalue weighted by Crippen LogP contribution is 2.23. The molecule has 0 atom stereocenters. The molecule has 0 bridgehead atoms. The number of rotatable bonds is 3. The van der Waals surface area contributed by atoms with Crippen LogP contribution < -0.4 is 0 Å². The average Bonchev–Trinajstić information content (AvgIpc) is 3.05. The number of carbonyl (C=O) groups is 1. The van der Waals surface area contributed by atoms with Crippen molar-refractivity contribution in [3.8, 4) is 0 Å². The van der Waals surface area contributed by atoms with Crippen LogP contribution in [0.3, 0.4) is 0 Å². The molecule has 0 aliphatic rings. The molecule has 0 aliphatic carbocycles. The van der Waals surface area contributed by atoms with E-state index in [0.29, 0.717) is 11.3 Å². The number of nitrogens with zero attached hydrogens (tertiary/aromatic N) is 1. The van der Waals surface area contributed by atoms with Gasteiger partial charge in [0.05, 0.1) is 11.8 Å². The van der Waals surface area contributed by atoms with Gasteiger partial charge in [-0.05, 0) is 25.1 Å². The van der Waals surface area contributed by atoms with Crippen LogP contribution in [-0.2, 0) is 6.54 Å². The van der Waals surface area contributed by atoms with E-state index >= 15 is 0 Å². The third-order valence-corrected chi connectivity index (χ3v) is 3.12. The highest BCUT2D eigenvalue weighted by Gasteiger charge is 2.17. The van der Waals surface area contributed by atoms with E-state index < -0.39 is 0 Å². The summed E-state index contributed by atoms with van der Waals surface area (Å²) in [5, 5.41) is 0.973. The highest BCUT2D eigenvalue weighted by molar-refractivity contribution is 6.15. The van der Waals surface area contributed by atoms with E-state index in [1.54, 1.807) is 12.1 Å². The summed E-state index contributed by atoms with van der Waals surface area (Å²) in [6, 6.07) is 11.3. The smallest absolute Gasteiger partial charge is 0.230 e. The first-order chi connectivity index (χ1) is 8.81. The molecule has 0 aliphatic heterocycles. The van der Waals surface area contributed by atoms with Gasteiger partial charge < -0.3 is 8.98 Å². The summed E-state index contributed by atoms with van der Waals surface area (Å²) >= 11 is 0. The topological polar surface area (TPSA) is 35.1 Å². The Balaban J connectivity index is 2.21. The van der Waals surface area contributed by atoms with E-state index in [4.69, 9.17) is 4.42 Å². The van der Waals surface area contributed by atoms with Crippen LogP contribution in [0.5, 0.6) is 0 Å². The number of hydrogen-bond donors (Lipinski definition) is 0. The van der Waals surface area contributed by atoms with E-state index in [9.17, 15) is 4.79 Å².